The van der Waals surface area contributed by atoms with Crippen LogP contribution in [0.15, 0.2) is 24.3 Å². The first kappa shape index (κ1) is 12.1. The zero-order valence-electron chi connectivity index (χ0n) is 10.2. The van der Waals surface area contributed by atoms with Crippen molar-refractivity contribution >= 4 is 17.7 Å². The van der Waals surface area contributed by atoms with Gasteiger partial charge in [0.05, 0.1) is 4.87 Å². The summed E-state index contributed by atoms with van der Waals surface area (Å²) in [5.74, 6) is 0.222. The summed E-state index contributed by atoms with van der Waals surface area (Å²) in [7, 11) is 0. The number of aliphatic carboxylic acids is 1. The van der Waals surface area contributed by atoms with E-state index in [1.54, 1.807) is 0 Å². The Labute approximate surface area is 111 Å². The quantitative estimate of drug-likeness (QED) is 0.814. The second-order valence-electron chi connectivity index (χ2n) is 5.11. The maximum Gasteiger partial charge on any atom is 0.320 e. The van der Waals surface area contributed by atoms with Crippen LogP contribution in [0.2, 0.25) is 0 Å². The lowest BCUT2D eigenvalue weighted by Crippen LogP contribution is -2.57. The number of carboxylic acid groups (broad SMARTS) is 1. The van der Waals surface area contributed by atoms with Gasteiger partial charge >= 0.3 is 5.97 Å². The van der Waals surface area contributed by atoms with Crippen molar-refractivity contribution in [2.45, 2.75) is 36.6 Å². The highest BCUT2D eigenvalue weighted by molar-refractivity contribution is 8.00. The molecule has 1 saturated heterocycles. The van der Waals surface area contributed by atoms with Gasteiger partial charge in [0.1, 0.15) is 6.04 Å². The normalized spacial score (nSPS) is 31.0. The summed E-state index contributed by atoms with van der Waals surface area (Å²) in [5.41, 5.74) is 2.79. The van der Waals surface area contributed by atoms with Crippen molar-refractivity contribution in [1.29, 1.82) is 0 Å². The van der Waals surface area contributed by atoms with Gasteiger partial charge in [0.25, 0.3) is 0 Å². The van der Waals surface area contributed by atoms with Crippen molar-refractivity contribution < 1.29 is 9.90 Å². The Hall–Kier alpha value is -1.00. The van der Waals surface area contributed by atoms with E-state index in [1.165, 1.54) is 11.1 Å². The maximum absolute atomic E-state index is 11.2. The molecule has 0 bridgehead atoms. The van der Waals surface area contributed by atoms with E-state index in [-0.39, 0.29) is 10.9 Å². The fourth-order valence-electron chi connectivity index (χ4n) is 2.94. The Kier molecular flexibility index (Phi) is 3.08. The summed E-state index contributed by atoms with van der Waals surface area (Å²) in [6, 6.07) is 8.13. The molecule has 1 aliphatic carbocycles. The Morgan fingerprint density at radius 2 is 2.17 bits per heavy atom. The van der Waals surface area contributed by atoms with Gasteiger partial charge in [-0.1, -0.05) is 24.3 Å². The number of carbonyl (C=O) groups is 1. The molecule has 3 nitrogen and oxygen atoms in total. The maximum atomic E-state index is 11.2. The van der Waals surface area contributed by atoms with Crippen LogP contribution in [-0.2, 0) is 17.6 Å². The van der Waals surface area contributed by atoms with Crippen molar-refractivity contribution in [2.24, 2.45) is 0 Å². The predicted octanol–water partition coefficient (Wildman–Crippen LogP) is 2.05. The molecule has 0 aromatic heterocycles. The number of hydrogen-bond donors (Lipinski definition) is 2. The minimum atomic E-state index is -0.714. The molecule has 2 unspecified atom stereocenters. The van der Waals surface area contributed by atoms with Crippen LogP contribution in [0.3, 0.4) is 0 Å². The number of aryl methyl sites for hydroxylation is 1. The lowest BCUT2D eigenvalue weighted by molar-refractivity contribution is -0.140. The first-order valence-electron chi connectivity index (χ1n) is 6.40. The van der Waals surface area contributed by atoms with E-state index in [4.69, 9.17) is 0 Å². The van der Waals surface area contributed by atoms with E-state index < -0.39 is 5.97 Å². The molecule has 1 heterocycles. The van der Waals surface area contributed by atoms with E-state index in [9.17, 15) is 9.90 Å². The molecule has 3 rings (SSSR count). The second-order valence-corrected chi connectivity index (χ2v) is 6.59. The number of fused-ring (bicyclic) bond motifs is 1. The molecule has 1 fully saturated rings. The minimum absolute atomic E-state index is 0.0599. The summed E-state index contributed by atoms with van der Waals surface area (Å²) < 4.78 is 0. The van der Waals surface area contributed by atoms with Crippen LogP contribution in [0, 0.1) is 0 Å². The summed E-state index contributed by atoms with van der Waals surface area (Å²) in [6.45, 7) is 0. The van der Waals surface area contributed by atoms with Crippen molar-refractivity contribution in [3.8, 4) is 0 Å². The fourth-order valence-corrected chi connectivity index (χ4v) is 4.42. The Balaban J connectivity index is 1.83. The van der Waals surface area contributed by atoms with Crippen LogP contribution in [0.1, 0.15) is 24.0 Å². The average molecular weight is 263 g/mol. The minimum Gasteiger partial charge on any atom is -0.480 e. The smallest absolute Gasteiger partial charge is 0.320 e. The van der Waals surface area contributed by atoms with Crippen molar-refractivity contribution in [2.75, 3.05) is 5.75 Å². The molecule has 0 saturated carbocycles. The van der Waals surface area contributed by atoms with Crippen LogP contribution in [0.5, 0.6) is 0 Å². The first-order valence-corrected chi connectivity index (χ1v) is 7.38. The molecule has 0 amide bonds. The van der Waals surface area contributed by atoms with Gasteiger partial charge in [-0.2, -0.15) is 0 Å². The van der Waals surface area contributed by atoms with Crippen molar-refractivity contribution in [3.05, 3.63) is 35.4 Å². The van der Waals surface area contributed by atoms with Crippen LogP contribution in [0.25, 0.3) is 0 Å². The topological polar surface area (TPSA) is 49.3 Å². The summed E-state index contributed by atoms with van der Waals surface area (Å²) in [6.07, 6.45) is 3.74. The molecule has 1 aliphatic heterocycles. The third-order valence-corrected chi connectivity index (χ3v) is 5.37. The Morgan fingerprint density at radius 1 is 1.39 bits per heavy atom. The summed E-state index contributed by atoms with van der Waals surface area (Å²) in [5, 5.41) is 12.5. The largest absolute Gasteiger partial charge is 0.480 e. The summed E-state index contributed by atoms with van der Waals surface area (Å²) in [4.78, 5) is 11.1. The fraction of sp³-hybridized carbons (Fsp3) is 0.500. The van der Waals surface area contributed by atoms with E-state index in [0.717, 1.165) is 31.4 Å². The third kappa shape index (κ3) is 2.15. The Morgan fingerprint density at radius 3 is 2.94 bits per heavy atom. The van der Waals surface area contributed by atoms with Crippen molar-refractivity contribution in [1.82, 2.24) is 5.32 Å². The number of nitrogens with one attached hydrogen (secondary N) is 1. The zero-order valence-corrected chi connectivity index (χ0v) is 11.0. The highest BCUT2D eigenvalue weighted by Gasteiger charge is 2.40. The number of thioether (sulfide) groups is 1. The van der Waals surface area contributed by atoms with Gasteiger partial charge in [0.15, 0.2) is 0 Å². The molecule has 2 atom stereocenters. The number of carboxylic acids is 1. The average Bonchev–Trinajstić information content (AvgIpc) is 2.38. The SMILES string of the molecule is O=C(O)C1CCSC2(CCc3ccccc3C2)N1. The molecule has 4 heteroatoms. The number of benzene rings is 1. The molecular weight excluding hydrogens is 246 g/mol. The number of hydrogen-bond acceptors (Lipinski definition) is 3. The highest BCUT2D eigenvalue weighted by atomic mass is 32.2. The molecule has 1 aromatic rings. The highest BCUT2D eigenvalue weighted by Crippen LogP contribution is 2.40. The Bertz CT molecular complexity index is 477. The molecule has 2 aliphatic rings. The van der Waals surface area contributed by atoms with Gasteiger partial charge in [-0.25, -0.2) is 0 Å². The van der Waals surface area contributed by atoms with Crippen LogP contribution >= 0.6 is 11.8 Å². The van der Waals surface area contributed by atoms with E-state index >= 15 is 0 Å². The molecule has 1 spiro atoms. The molecule has 0 radical (unpaired) electrons. The van der Waals surface area contributed by atoms with Gasteiger partial charge in [0, 0.05) is 6.42 Å². The first-order chi connectivity index (χ1) is 8.69. The van der Waals surface area contributed by atoms with Crippen LogP contribution in [0.4, 0.5) is 0 Å². The van der Waals surface area contributed by atoms with Gasteiger partial charge < -0.3 is 5.11 Å². The lowest BCUT2D eigenvalue weighted by atomic mass is 9.87. The molecular formula is C14H17NO2S. The monoisotopic (exact) mass is 263 g/mol. The van der Waals surface area contributed by atoms with Gasteiger partial charge in [-0.15, -0.1) is 11.8 Å². The van der Waals surface area contributed by atoms with Gasteiger partial charge in [-0.05, 0) is 36.1 Å². The van der Waals surface area contributed by atoms with E-state index in [0.29, 0.717) is 0 Å². The molecule has 1 aromatic carbocycles. The van der Waals surface area contributed by atoms with Gasteiger partial charge in [0.2, 0.25) is 0 Å². The molecule has 2 N–H and O–H groups in total. The van der Waals surface area contributed by atoms with Crippen LogP contribution in [-0.4, -0.2) is 27.7 Å². The lowest BCUT2D eigenvalue weighted by Gasteiger charge is -2.43. The second kappa shape index (κ2) is 4.59. The van der Waals surface area contributed by atoms with E-state index in [1.807, 2.05) is 11.8 Å². The van der Waals surface area contributed by atoms with Crippen LogP contribution < -0.4 is 5.32 Å². The molecule has 96 valence electrons. The third-order valence-electron chi connectivity index (χ3n) is 3.91. The van der Waals surface area contributed by atoms with Gasteiger partial charge in [-0.3, -0.25) is 10.1 Å². The zero-order chi connectivity index (χ0) is 12.6. The van der Waals surface area contributed by atoms with Crippen molar-refractivity contribution in [3.63, 3.8) is 0 Å². The summed E-state index contributed by atoms with van der Waals surface area (Å²) >= 11 is 1.90. The predicted molar refractivity (Wildman–Crippen MR) is 72.8 cm³/mol. The number of rotatable bonds is 1. The molecule has 18 heavy (non-hydrogen) atoms. The standard InChI is InChI=1S/C14H17NO2S/c16-13(17)12-6-8-18-14(15-12)7-5-10-3-1-2-4-11(10)9-14/h1-4,12,15H,5-9H2,(H,16,17). The van der Waals surface area contributed by atoms with E-state index in [2.05, 4.69) is 29.6 Å².